The van der Waals surface area contributed by atoms with E-state index in [-0.39, 0.29) is 4.75 Å². The Morgan fingerprint density at radius 1 is 1.35 bits per heavy atom. The van der Waals surface area contributed by atoms with E-state index in [9.17, 15) is 0 Å². The molecule has 0 spiro atoms. The van der Waals surface area contributed by atoms with E-state index in [1.54, 1.807) is 0 Å². The summed E-state index contributed by atoms with van der Waals surface area (Å²) in [6.45, 7) is 13.7. The van der Waals surface area contributed by atoms with Crippen LogP contribution in [0.1, 0.15) is 39.2 Å². The highest BCUT2D eigenvalue weighted by molar-refractivity contribution is 8.00. The number of nitrogens with zero attached hydrogens (tertiary/aromatic N) is 3. The Bertz CT molecular complexity index is 707. The van der Waals surface area contributed by atoms with Crippen LogP contribution < -0.4 is 10.1 Å². The molecule has 2 saturated heterocycles. The number of ether oxygens (including phenoxy) is 2. The molecule has 0 bridgehead atoms. The number of guanidine groups is 1. The van der Waals surface area contributed by atoms with Gasteiger partial charge in [-0.1, -0.05) is 12.1 Å². The van der Waals surface area contributed by atoms with E-state index in [0.717, 1.165) is 69.7 Å². The van der Waals surface area contributed by atoms with E-state index >= 15 is 0 Å². The van der Waals surface area contributed by atoms with Gasteiger partial charge in [-0.25, -0.2) is 4.99 Å². The Hall–Kier alpha value is -1.44. The minimum Gasteiger partial charge on any atom is -0.492 e. The molecule has 0 aliphatic carbocycles. The van der Waals surface area contributed by atoms with Crippen LogP contribution in [-0.2, 0) is 11.3 Å². The van der Waals surface area contributed by atoms with E-state index < -0.39 is 0 Å². The van der Waals surface area contributed by atoms with Gasteiger partial charge in [-0.2, -0.15) is 11.8 Å². The lowest BCUT2D eigenvalue weighted by molar-refractivity contribution is 0.0392. The SMILES string of the molecule is CCNC(=NCc1cccc(OCCN(C)C2CCOCC2)c1)N1CCSC(C)(C)C1. The second-order valence-electron chi connectivity index (χ2n) is 9.02. The van der Waals surface area contributed by atoms with Gasteiger partial charge in [0.2, 0.25) is 0 Å². The van der Waals surface area contributed by atoms with Crippen LogP contribution in [0, 0.1) is 0 Å². The monoisotopic (exact) mass is 448 g/mol. The molecule has 2 aliphatic heterocycles. The summed E-state index contributed by atoms with van der Waals surface area (Å²) >= 11 is 2.04. The van der Waals surface area contributed by atoms with Crippen molar-refractivity contribution in [1.82, 2.24) is 15.1 Å². The van der Waals surface area contributed by atoms with Gasteiger partial charge < -0.3 is 19.7 Å². The zero-order valence-electron chi connectivity index (χ0n) is 19.7. The van der Waals surface area contributed by atoms with E-state index in [0.29, 0.717) is 19.2 Å². The van der Waals surface area contributed by atoms with Gasteiger partial charge in [0, 0.05) is 55.9 Å². The molecule has 174 valence electrons. The van der Waals surface area contributed by atoms with Crippen molar-refractivity contribution in [3.8, 4) is 5.75 Å². The molecule has 1 N–H and O–H groups in total. The van der Waals surface area contributed by atoms with Crippen molar-refractivity contribution >= 4 is 17.7 Å². The molecule has 6 nitrogen and oxygen atoms in total. The van der Waals surface area contributed by atoms with E-state index in [4.69, 9.17) is 14.5 Å². The third-order valence-corrected chi connectivity index (χ3v) is 7.19. The Morgan fingerprint density at radius 3 is 2.90 bits per heavy atom. The van der Waals surface area contributed by atoms with Gasteiger partial charge in [-0.15, -0.1) is 0 Å². The third kappa shape index (κ3) is 7.88. The first-order valence-electron chi connectivity index (χ1n) is 11.6. The zero-order chi connectivity index (χ0) is 22.1. The van der Waals surface area contributed by atoms with Gasteiger partial charge in [0.05, 0.1) is 6.54 Å². The molecule has 1 aromatic carbocycles. The minimum atomic E-state index is 0.264. The number of hydrogen-bond donors (Lipinski definition) is 1. The van der Waals surface area contributed by atoms with Gasteiger partial charge in [0.15, 0.2) is 5.96 Å². The summed E-state index contributed by atoms with van der Waals surface area (Å²) in [6.07, 6.45) is 2.23. The average Bonchev–Trinajstić information content (AvgIpc) is 2.77. The van der Waals surface area contributed by atoms with Crippen LogP contribution >= 0.6 is 11.8 Å². The summed E-state index contributed by atoms with van der Waals surface area (Å²) in [7, 11) is 2.19. The first-order chi connectivity index (χ1) is 15.0. The Morgan fingerprint density at radius 2 is 2.16 bits per heavy atom. The molecule has 0 amide bonds. The van der Waals surface area contributed by atoms with Gasteiger partial charge in [0.1, 0.15) is 12.4 Å². The highest BCUT2D eigenvalue weighted by Crippen LogP contribution is 2.29. The molecular weight excluding hydrogens is 408 g/mol. The van der Waals surface area contributed by atoms with Crippen molar-refractivity contribution in [3.63, 3.8) is 0 Å². The molecule has 2 heterocycles. The maximum Gasteiger partial charge on any atom is 0.194 e. The number of hydrogen-bond acceptors (Lipinski definition) is 5. The number of aliphatic imine (C=N–C) groups is 1. The van der Waals surface area contributed by atoms with Crippen LogP contribution in [0.25, 0.3) is 0 Å². The summed E-state index contributed by atoms with van der Waals surface area (Å²) in [5.41, 5.74) is 1.18. The molecule has 2 aliphatic rings. The van der Waals surface area contributed by atoms with Crippen molar-refractivity contribution in [3.05, 3.63) is 29.8 Å². The topological polar surface area (TPSA) is 49.3 Å². The second kappa shape index (κ2) is 12.0. The molecule has 0 aromatic heterocycles. The van der Waals surface area contributed by atoms with Crippen LogP contribution in [0.5, 0.6) is 5.75 Å². The maximum atomic E-state index is 6.06. The van der Waals surface area contributed by atoms with Gasteiger partial charge >= 0.3 is 0 Å². The fraction of sp³-hybridized carbons (Fsp3) is 0.708. The first kappa shape index (κ1) is 24.2. The van der Waals surface area contributed by atoms with Crippen LogP contribution in [0.2, 0.25) is 0 Å². The molecular formula is C24H40N4O2S. The van der Waals surface area contributed by atoms with E-state index in [1.807, 2.05) is 17.8 Å². The van der Waals surface area contributed by atoms with Gasteiger partial charge in [0.25, 0.3) is 0 Å². The number of thioether (sulfide) groups is 1. The number of benzene rings is 1. The lowest BCUT2D eigenvalue weighted by atomic mass is 10.1. The van der Waals surface area contributed by atoms with E-state index in [1.165, 1.54) is 5.56 Å². The molecule has 0 unspecified atom stereocenters. The quantitative estimate of drug-likeness (QED) is 0.485. The normalized spacial score (nSPS) is 20.2. The third-order valence-electron chi connectivity index (χ3n) is 5.90. The first-order valence-corrected chi connectivity index (χ1v) is 12.6. The van der Waals surface area contributed by atoms with Crippen molar-refractivity contribution in [2.24, 2.45) is 4.99 Å². The molecule has 31 heavy (non-hydrogen) atoms. The highest BCUT2D eigenvalue weighted by Gasteiger charge is 2.28. The Kier molecular flexibility index (Phi) is 9.35. The lowest BCUT2D eigenvalue weighted by Gasteiger charge is -2.39. The number of rotatable bonds is 8. The second-order valence-corrected chi connectivity index (χ2v) is 10.8. The predicted molar refractivity (Wildman–Crippen MR) is 131 cm³/mol. The summed E-state index contributed by atoms with van der Waals surface area (Å²) in [5.74, 6) is 3.08. The Labute approximate surface area is 192 Å². The lowest BCUT2D eigenvalue weighted by Crippen LogP contribution is -2.50. The van der Waals surface area contributed by atoms with Crippen LogP contribution in [0.3, 0.4) is 0 Å². The van der Waals surface area contributed by atoms with Gasteiger partial charge in [-0.05, 0) is 58.4 Å². The minimum absolute atomic E-state index is 0.264. The summed E-state index contributed by atoms with van der Waals surface area (Å²) in [4.78, 5) is 9.73. The summed E-state index contributed by atoms with van der Waals surface area (Å²) in [6, 6.07) is 8.97. The highest BCUT2D eigenvalue weighted by atomic mass is 32.2. The number of nitrogens with one attached hydrogen (secondary N) is 1. The maximum absolute atomic E-state index is 6.06. The molecule has 0 atom stereocenters. The van der Waals surface area contributed by atoms with Crippen LogP contribution in [0.15, 0.2) is 29.3 Å². The van der Waals surface area contributed by atoms with Crippen LogP contribution in [-0.4, -0.2) is 85.3 Å². The number of likely N-dealkylation sites (N-methyl/N-ethyl adjacent to an activating group) is 1. The van der Waals surface area contributed by atoms with Crippen molar-refractivity contribution in [2.75, 3.05) is 58.8 Å². The van der Waals surface area contributed by atoms with Gasteiger partial charge in [-0.3, -0.25) is 4.90 Å². The smallest absolute Gasteiger partial charge is 0.194 e. The summed E-state index contributed by atoms with van der Waals surface area (Å²) in [5, 5.41) is 3.47. The van der Waals surface area contributed by atoms with Crippen molar-refractivity contribution in [1.29, 1.82) is 0 Å². The zero-order valence-corrected chi connectivity index (χ0v) is 20.5. The standard InChI is InChI=1S/C24H40N4O2S/c1-5-25-23(28-12-16-31-24(2,3)19-28)26-18-20-7-6-8-22(17-20)30-15-11-27(4)21-9-13-29-14-10-21/h6-8,17,21H,5,9-16,18-19H2,1-4H3,(H,25,26). The Balaban J connectivity index is 1.52. The fourth-order valence-corrected chi connectivity index (χ4v) is 5.25. The molecule has 0 saturated carbocycles. The van der Waals surface area contributed by atoms with Crippen LogP contribution in [0.4, 0.5) is 0 Å². The molecule has 7 heteroatoms. The fourth-order valence-electron chi connectivity index (χ4n) is 4.14. The average molecular weight is 449 g/mol. The predicted octanol–water partition coefficient (Wildman–Crippen LogP) is 3.47. The van der Waals surface area contributed by atoms with Crippen molar-refractivity contribution < 1.29 is 9.47 Å². The largest absolute Gasteiger partial charge is 0.492 e. The molecule has 3 rings (SSSR count). The van der Waals surface area contributed by atoms with Crippen molar-refractivity contribution in [2.45, 2.75) is 50.9 Å². The molecule has 0 radical (unpaired) electrons. The molecule has 2 fully saturated rings. The van der Waals surface area contributed by atoms with E-state index in [2.05, 4.69) is 61.1 Å². The molecule has 1 aromatic rings. The summed E-state index contributed by atoms with van der Waals surface area (Å²) < 4.78 is 11.8.